The van der Waals surface area contributed by atoms with Crippen molar-refractivity contribution in [3.8, 4) is 22.6 Å². The molecule has 1 amide bonds. The van der Waals surface area contributed by atoms with E-state index in [1.165, 1.54) is 18.2 Å². The summed E-state index contributed by atoms with van der Waals surface area (Å²) in [5.41, 5.74) is 1.98. The summed E-state index contributed by atoms with van der Waals surface area (Å²) in [6.45, 7) is 4.91. The number of nitrogens with one attached hydrogen (secondary N) is 1. The molecule has 1 aliphatic rings. The lowest BCUT2D eigenvalue weighted by Gasteiger charge is -2.24. The molecule has 0 spiro atoms. The van der Waals surface area contributed by atoms with Crippen LogP contribution in [0.3, 0.4) is 0 Å². The first-order chi connectivity index (χ1) is 15.9. The van der Waals surface area contributed by atoms with E-state index < -0.39 is 11.8 Å². The number of carboxylic acids is 1. The summed E-state index contributed by atoms with van der Waals surface area (Å²) in [5, 5.41) is 12.7. The molecule has 2 heterocycles. The maximum Gasteiger partial charge on any atom is 0.346 e. The van der Waals surface area contributed by atoms with Gasteiger partial charge in [-0.25, -0.2) is 9.18 Å². The number of aromatic carboxylic acids is 1. The highest BCUT2D eigenvalue weighted by molar-refractivity contribution is 7.15. The predicted octanol–water partition coefficient (Wildman–Crippen LogP) is 5.91. The topological polar surface area (TPSA) is 84.9 Å². The molecule has 0 aliphatic carbocycles. The van der Waals surface area contributed by atoms with Crippen molar-refractivity contribution < 1.29 is 28.6 Å². The predicted molar refractivity (Wildman–Crippen MR) is 125 cm³/mol. The van der Waals surface area contributed by atoms with Crippen LogP contribution in [0.4, 0.5) is 10.1 Å². The van der Waals surface area contributed by atoms with E-state index in [-0.39, 0.29) is 23.1 Å². The fourth-order valence-electron chi connectivity index (χ4n) is 3.97. The molecule has 6 nitrogen and oxygen atoms in total. The number of thiophene rings is 1. The smallest absolute Gasteiger partial charge is 0.346 e. The highest BCUT2D eigenvalue weighted by Gasteiger charge is 2.35. The molecule has 8 heteroatoms. The zero-order valence-electron chi connectivity index (χ0n) is 18.3. The third kappa shape index (κ3) is 4.57. The number of amides is 1. The van der Waals surface area contributed by atoms with Gasteiger partial charge in [0.25, 0.3) is 0 Å². The van der Waals surface area contributed by atoms with E-state index in [4.69, 9.17) is 9.47 Å². The summed E-state index contributed by atoms with van der Waals surface area (Å²) in [6, 6.07) is 11.3. The van der Waals surface area contributed by atoms with Gasteiger partial charge in [0.1, 0.15) is 10.7 Å². The fraction of sp³-hybridized carbons (Fsp3) is 0.280. The second kappa shape index (κ2) is 9.62. The van der Waals surface area contributed by atoms with Crippen LogP contribution in [0.25, 0.3) is 11.1 Å². The molecule has 0 saturated heterocycles. The Hall–Kier alpha value is -3.39. The Kier molecular flexibility index (Phi) is 6.65. The molecule has 1 aromatic heterocycles. The van der Waals surface area contributed by atoms with Crippen LogP contribution in [-0.4, -0.2) is 30.2 Å². The van der Waals surface area contributed by atoms with Gasteiger partial charge in [-0.15, -0.1) is 11.3 Å². The van der Waals surface area contributed by atoms with Crippen molar-refractivity contribution >= 4 is 28.9 Å². The number of hydrogen-bond donors (Lipinski definition) is 2. The second-order valence-corrected chi connectivity index (χ2v) is 8.71. The SMILES string of the molecule is CCCOc1ccc([C@@H]2CC(=O)Nc3c2sc(C(=O)O)c3-c2cccc(F)c2)cc1OCC. The van der Waals surface area contributed by atoms with Crippen molar-refractivity contribution in [1.29, 1.82) is 0 Å². The first-order valence-corrected chi connectivity index (χ1v) is 11.6. The number of rotatable bonds is 8. The average Bonchev–Trinajstić information content (AvgIpc) is 3.17. The molecule has 1 aliphatic heterocycles. The van der Waals surface area contributed by atoms with Crippen LogP contribution in [-0.2, 0) is 4.79 Å². The Balaban J connectivity index is 1.84. The van der Waals surface area contributed by atoms with E-state index in [0.717, 1.165) is 28.2 Å². The summed E-state index contributed by atoms with van der Waals surface area (Å²) >= 11 is 1.10. The Labute approximate surface area is 195 Å². The molecule has 2 aromatic carbocycles. The number of carboxylic acid groups (broad SMARTS) is 1. The van der Waals surface area contributed by atoms with Gasteiger partial charge in [0.05, 0.1) is 18.9 Å². The van der Waals surface area contributed by atoms with Gasteiger partial charge in [0.15, 0.2) is 11.5 Å². The van der Waals surface area contributed by atoms with Gasteiger partial charge in [0, 0.05) is 22.8 Å². The van der Waals surface area contributed by atoms with Crippen LogP contribution in [0.5, 0.6) is 11.5 Å². The Bertz CT molecular complexity index is 1210. The van der Waals surface area contributed by atoms with Crippen LogP contribution in [0.1, 0.15) is 52.7 Å². The van der Waals surface area contributed by atoms with E-state index in [9.17, 15) is 19.1 Å². The third-order valence-electron chi connectivity index (χ3n) is 5.35. The molecular weight excluding hydrogens is 445 g/mol. The lowest BCUT2D eigenvalue weighted by molar-refractivity contribution is -0.116. The normalized spacial score (nSPS) is 15.0. The molecule has 1 atom stereocenters. The van der Waals surface area contributed by atoms with Gasteiger partial charge in [-0.1, -0.05) is 25.1 Å². The number of halogens is 1. The van der Waals surface area contributed by atoms with Crippen LogP contribution in [0.2, 0.25) is 0 Å². The Morgan fingerprint density at radius 1 is 1.18 bits per heavy atom. The molecular formula is C25H24FNO5S. The van der Waals surface area contributed by atoms with E-state index in [0.29, 0.717) is 41.5 Å². The molecule has 4 rings (SSSR count). The number of hydrogen-bond acceptors (Lipinski definition) is 5. The fourth-order valence-corrected chi connectivity index (χ4v) is 5.21. The van der Waals surface area contributed by atoms with Crippen molar-refractivity contribution in [1.82, 2.24) is 0 Å². The highest BCUT2D eigenvalue weighted by Crippen LogP contribution is 2.50. The minimum absolute atomic E-state index is 0.0609. The van der Waals surface area contributed by atoms with Crippen molar-refractivity contribution in [3.05, 3.63) is 63.6 Å². The monoisotopic (exact) mass is 469 g/mol. The number of ether oxygens (including phenoxy) is 2. The van der Waals surface area contributed by atoms with Gasteiger partial charge in [-0.3, -0.25) is 4.79 Å². The standard InChI is InChI=1S/C25H24FNO5S/c1-3-10-32-18-9-8-14(12-19(18)31-4-2)17-13-20(28)27-22-21(15-6-5-7-16(26)11-15)24(25(29)30)33-23(17)22/h5-9,11-12,17H,3-4,10,13H2,1-2H3,(H,27,28)(H,29,30)/t17-/m0/s1. The van der Waals surface area contributed by atoms with Crippen molar-refractivity contribution in [2.75, 3.05) is 18.5 Å². The zero-order chi connectivity index (χ0) is 23.5. The summed E-state index contributed by atoms with van der Waals surface area (Å²) in [5.74, 6) is -0.994. The number of benzene rings is 2. The van der Waals surface area contributed by atoms with Gasteiger partial charge in [0.2, 0.25) is 5.91 Å². The number of fused-ring (bicyclic) bond motifs is 1. The van der Waals surface area contributed by atoms with E-state index in [1.807, 2.05) is 32.0 Å². The summed E-state index contributed by atoms with van der Waals surface area (Å²) in [6.07, 6.45) is 1.02. The van der Waals surface area contributed by atoms with Crippen molar-refractivity contribution in [3.63, 3.8) is 0 Å². The van der Waals surface area contributed by atoms with Gasteiger partial charge >= 0.3 is 5.97 Å². The minimum atomic E-state index is -1.13. The van der Waals surface area contributed by atoms with Gasteiger partial charge < -0.3 is 19.9 Å². The van der Waals surface area contributed by atoms with E-state index in [1.54, 1.807) is 6.07 Å². The largest absolute Gasteiger partial charge is 0.490 e. The van der Waals surface area contributed by atoms with Crippen LogP contribution >= 0.6 is 11.3 Å². The molecule has 0 fully saturated rings. The van der Waals surface area contributed by atoms with Crippen LogP contribution in [0, 0.1) is 5.82 Å². The minimum Gasteiger partial charge on any atom is -0.490 e. The lowest BCUT2D eigenvalue weighted by Crippen LogP contribution is -2.22. The summed E-state index contributed by atoms with van der Waals surface area (Å²) < 4.78 is 25.5. The highest BCUT2D eigenvalue weighted by atomic mass is 32.1. The molecule has 2 N–H and O–H groups in total. The number of carbonyl (C=O) groups excluding carboxylic acids is 1. The molecule has 0 radical (unpaired) electrons. The average molecular weight is 470 g/mol. The van der Waals surface area contributed by atoms with Crippen LogP contribution in [0.15, 0.2) is 42.5 Å². The summed E-state index contributed by atoms with van der Waals surface area (Å²) in [7, 11) is 0. The Morgan fingerprint density at radius 3 is 2.70 bits per heavy atom. The Morgan fingerprint density at radius 2 is 2.00 bits per heavy atom. The quantitative estimate of drug-likeness (QED) is 0.428. The third-order valence-corrected chi connectivity index (χ3v) is 6.64. The first kappa shape index (κ1) is 22.8. The summed E-state index contributed by atoms with van der Waals surface area (Å²) in [4.78, 5) is 25.5. The molecule has 0 bridgehead atoms. The van der Waals surface area contributed by atoms with E-state index in [2.05, 4.69) is 5.32 Å². The second-order valence-electron chi connectivity index (χ2n) is 7.65. The molecule has 0 unspecified atom stereocenters. The van der Waals surface area contributed by atoms with Gasteiger partial charge in [-0.05, 0) is 48.7 Å². The molecule has 172 valence electrons. The lowest BCUT2D eigenvalue weighted by atomic mass is 9.88. The van der Waals surface area contributed by atoms with Crippen molar-refractivity contribution in [2.45, 2.75) is 32.6 Å². The van der Waals surface area contributed by atoms with E-state index >= 15 is 0 Å². The molecule has 3 aromatic rings. The number of anilines is 1. The van der Waals surface area contributed by atoms with Gasteiger partial charge in [-0.2, -0.15) is 0 Å². The maximum absolute atomic E-state index is 13.9. The first-order valence-electron chi connectivity index (χ1n) is 10.8. The maximum atomic E-state index is 13.9. The molecule has 33 heavy (non-hydrogen) atoms. The molecule has 0 saturated carbocycles. The van der Waals surface area contributed by atoms with Crippen LogP contribution < -0.4 is 14.8 Å². The number of carbonyl (C=O) groups is 2. The zero-order valence-corrected chi connectivity index (χ0v) is 19.1. The van der Waals surface area contributed by atoms with Crippen molar-refractivity contribution in [2.24, 2.45) is 0 Å².